The van der Waals surface area contributed by atoms with Gasteiger partial charge in [0.15, 0.2) is 5.25 Å². The van der Waals surface area contributed by atoms with E-state index in [0.717, 1.165) is 5.56 Å². The van der Waals surface area contributed by atoms with E-state index in [1.807, 2.05) is 0 Å². The fraction of sp³-hybridized carbons (Fsp3) is 0.300. The second kappa shape index (κ2) is 4.58. The van der Waals surface area contributed by atoms with Crippen LogP contribution in [-0.2, 0) is 0 Å². The second-order valence-electron chi connectivity index (χ2n) is 2.99. The van der Waals surface area contributed by atoms with Crippen LogP contribution in [0.5, 0.6) is 0 Å². The standard InChI is InChI=1S/C10H8F3NS/c1-7-3-2-4-8(5-7)15-9(6-14)10(11,12)13/h2-5,9H,1H3. The summed E-state index contributed by atoms with van der Waals surface area (Å²) < 4.78 is 36.8. The van der Waals surface area contributed by atoms with E-state index in [-0.39, 0.29) is 0 Å². The van der Waals surface area contributed by atoms with Crippen LogP contribution in [0.3, 0.4) is 0 Å². The molecule has 0 spiro atoms. The normalized spacial score (nSPS) is 13.3. The van der Waals surface area contributed by atoms with Crippen LogP contribution in [0.25, 0.3) is 0 Å². The molecule has 1 aromatic carbocycles. The van der Waals surface area contributed by atoms with Gasteiger partial charge in [-0.2, -0.15) is 18.4 Å². The monoisotopic (exact) mass is 231 g/mol. The molecule has 0 N–H and O–H groups in total. The van der Waals surface area contributed by atoms with Crippen molar-refractivity contribution in [3.05, 3.63) is 29.8 Å². The predicted molar refractivity (Wildman–Crippen MR) is 52.5 cm³/mol. The average Bonchev–Trinajstić information content (AvgIpc) is 2.12. The van der Waals surface area contributed by atoms with Crippen LogP contribution in [-0.4, -0.2) is 11.4 Å². The molecule has 1 aromatic rings. The Morgan fingerprint density at radius 3 is 2.53 bits per heavy atom. The molecule has 15 heavy (non-hydrogen) atoms. The lowest BCUT2D eigenvalue weighted by Crippen LogP contribution is -2.23. The van der Waals surface area contributed by atoms with Gasteiger partial charge >= 0.3 is 6.18 Å². The zero-order valence-corrected chi connectivity index (χ0v) is 8.69. The van der Waals surface area contributed by atoms with Crippen molar-refractivity contribution in [1.29, 1.82) is 5.26 Å². The Bertz CT molecular complexity index is 381. The highest BCUT2D eigenvalue weighted by Gasteiger charge is 2.40. The van der Waals surface area contributed by atoms with Gasteiger partial charge in [-0.25, -0.2) is 0 Å². The molecule has 0 bridgehead atoms. The van der Waals surface area contributed by atoms with E-state index in [1.54, 1.807) is 31.2 Å². The number of rotatable bonds is 2. The van der Waals surface area contributed by atoms with Crippen molar-refractivity contribution in [3.8, 4) is 6.07 Å². The van der Waals surface area contributed by atoms with Crippen molar-refractivity contribution in [2.75, 3.05) is 0 Å². The van der Waals surface area contributed by atoms with Gasteiger partial charge in [-0.05, 0) is 19.1 Å². The minimum atomic E-state index is -4.48. The van der Waals surface area contributed by atoms with E-state index >= 15 is 0 Å². The summed E-state index contributed by atoms with van der Waals surface area (Å²) in [6, 6.07) is 7.90. The van der Waals surface area contributed by atoms with Crippen LogP contribution < -0.4 is 0 Å². The number of aryl methyl sites for hydroxylation is 1. The zero-order chi connectivity index (χ0) is 11.5. The topological polar surface area (TPSA) is 23.8 Å². The maximum atomic E-state index is 12.3. The first-order valence-electron chi connectivity index (χ1n) is 4.13. The van der Waals surface area contributed by atoms with Crippen molar-refractivity contribution in [3.63, 3.8) is 0 Å². The Labute approximate surface area is 89.9 Å². The molecule has 0 saturated heterocycles. The molecule has 0 saturated carbocycles. The van der Waals surface area contributed by atoms with Gasteiger partial charge in [0.25, 0.3) is 0 Å². The van der Waals surface area contributed by atoms with Crippen molar-refractivity contribution in [1.82, 2.24) is 0 Å². The Morgan fingerprint density at radius 1 is 1.40 bits per heavy atom. The van der Waals surface area contributed by atoms with E-state index in [1.165, 1.54) is 6.07 Å². The maximum absolute atomic E-state index is 12.3. The van der Waals surface area contributed by atoms with Gasteiger partial charge in [-0.1, -0.05) is 29.5 Å². The molecule has 1 rings (SSSR count). The van der Waals surface area contributed by atoms with Gasteiger partial charge < -0.3 is 0 Å². The quantitative estimate of drug-likeness (QED) is 0.727. The SMILES string of the molecule is Cc1cccc(SC(C#N)C(F)(F)F)c1. The Morgan fingerprint density at radius 2 is 2.07 bits per heavy atom. The van der Waals surface area contributed by atoms with Crippen LogP contribution in [0.4, 0.5) is 13.2 Å². The molecule has 0 aliphatic rings. The molecule has 0 aliphatic carbocycles. The van der Waals surface area contributed by atoms with E-state index in [9.17, 15) is 13.2 Å². The number of hydrogen-bond acceptors (Lipinski definition) is 2. The van der Waals surface area contributed by atoms with Crippen LogP contribution in [0.15, 0.2) is 29.2 Å². The summed E-state index contributed by atoms with van der Waals surface area (Å²) in [7, 11) is 0. The molecule has 1 nitrogen and oxygen atoms in total. The third-order valence-corrected chi connectivity index (χ3v) is 2.79. The molecule has 0 aliphatic heterocycles. The molecular formula is C10H8F3NS. The van der Waals surface area contributed by atoms with Crippen molar-refractivity contribution >= 4 is 11.8 Å². The van der Waals surface area contributed by atoms with Crippen LogP contribution in [0, 0.1) is 18.3 Å². The average molecular weight is 231 g/mol. The van der Waals surface area contributed by atoms with Gasteiger partial charge in [-0.15, -0.1) is 0 Å². The van der Waals surface area contributed by atoms with Gasteiger partial charge in [0, 0.05) is 4.90 Å². The fourth-order valence-electron chi connectivity index (χ4n) is 0.991. The molecule has 0 aromatic heterocycles. The lowest BCUT2D eigenvalue weighted by Gasteiger charge is -2.12. The molecule has 0 radical (unpaired) electrons. The Hall–Kier alpha value is -1.15. The molecule has 80 valence electrons. The Kier molecular flexibility index (Phi) is 3.64. The van der Waals surface area contributed by atoms with E-state index in [2.05, 4.69) is 0 Å². The maximum Gasteiger partial charge on any atom is 0.413 e. The minimum absolute atomic E-state index is 0.457. The Balaban J connectivity index is 2.82. The van der Waals surface area contributed by atoms with E-state index in [4.69, 9.17) is 5.26 Å². The van der Waals surface area contributed by atoms with Gasteiger partial charge in [-0.3, -0.25) is 0 Å². The minimum Gasteiger partial charge on any atom is -0.197 e. The number of alkyl halides is 3. The van der Waals surface area contributed by atoms with Crippen molar-refractivity contribution in [2.24, 2.45) is 0 Å². The summed E-state index contributed by atoms with van der Waals surface area (Å²) in [6.45, 7) is 1.79. The third-order valence-electron chi connectivity index (χ3n) is 1.66. The van der Waals surface area contributed by atoms with E-state index in [0.29, 0.717) is 16.7 Å². The molecule has 5 heteroatoms. The highest BCUT2D eigenvalue weighted by Crippen LogP contribution is 2.34. The smallest absolute Gasteiger partial charge is 0.197 e. The lowest BCUT2D eigenvalue weighted by atomic mass is 10.2. The molecule has 1 atom stereocenters. The summed E-state index contributed by atoms with van der Waals surface area (Å²) in [5.41, 5.74) is 0.874. The zero-order valence-electron chi connectivity index (χ0n) is 7.88. The molecule has 0 amide bonds. The lowest BCUT2D eigenvalue weighted by molar-refractivity contribution is -0.118. The number of nitriles is 1. The summed E-state index contributed by atoms with van der Waals surface area (Å²) in [4.78, 5) is 0.457. The first kappa shape index (κ1) is 11.9. The van der Waals surface area contributed by atoms with Crippen LogP contribution in [0.2, 0.25) is 0 Å². The number of halogens is 3. The first-order chi connectivity index (χ1) is 6.93. The molecular weight excluding hydrogens is 223 g/mol. The van der Waals surface area contributed by atoms with Crippen molar-refractivity contribution < 1.29 is 13.2 Å². The summed E-state index contributed by atoms with van der Waals surface area (Å²) in [5.74, 6) is 0. The number of hydrogen-bond donors (Lipinski definition) is 0. The van der Waals surface area contributed by atoms with Crippen molar-refractivity contribution in [2.45, 2.75) is 23.2 Å². The van der Waals surface area contributed by atoms with Gasteiger partial charge in [0.05, 0.1) is 6.07 Å². The fourth-order valence-corrected chi connectivity index (χ4v) is 1.86. The van der Waals surface area contributed by atoms with E-state index < -0.39 is 11.4 Å². The molecule has 1 unspecified atom stereocenters. The largest absolute Gasteiger partial charge is 0.413 e. The van der Waals surface area contributed by atoms with Gasteiger partial charge in [0.2, 0.25) is 0 Å². The van der Waals surface area contributed by atoms with Crippen LogP contribution in [0.1, 0.15) is 5.56 Å². The number of nitrogens with zero attached hydrogens (tertiary/aromatic N) is 1. The summed E-state index contributed by atoms with van der Waals surface area (Å²) in [6.07, 6.45) is -4.48. The summed E-state index contributed by atoms with van der Waals surface area (Å²) >= 11 is 0.524. The number of thioether (sulfide) groups is 1. The van der Waals surface area contributed by atoms with Crippen LogP contribution >= 0.6 is 11.8 Å². The second-order valence-corrected chi connectivity index (χ2v) is 4.16. The predicted octanol–water partition coefficient (Wildman–Crippen LogP) is 3.54. The third kappa shape index (κ3) is 3.48. The summed E-state index contributed by atoms with van der Waals surface area (Å²) in [5, 5.41) is 6.40. The molecule has 0 heterocycles. The first-order valence-corrected chi connectivity index (χ1v) is 5.01. The van der Waals surface area contributed by atoms with Gasteiger partial charge in [0.1, 0.15) is 0 Å². The highest BCUT2D eigenvalue weighted by atomic mass is 32.2. The number of benzene rings is 1. The highest BCUT2D eigenvalue weighted by molar-refractivity contribution is 8.00. The molecule has 0 fully saturated rings.